The molecule has 3 N–H and O–H groups in total. The third-order valence-corrected chi connectivity index (χ3v) is 3.07. The molecular weight excluding hydrogens is 218 g/mol. The van der Waals surface area contributed by atoms with Crippen LogP contribution in [0.5, 0.6) is 0 Å². The summed E-state index contributed by atoms with van der Waals surface area (Å²) < 4.78 is 5.32. The van der Waals surface area contributed by atoms with E-state index in [1.807, 2.05) is 0 Å². The molecule has 1 saturated heterocycles. The molecule has 1 aliphatic rings. The molecule has 0 amide bonds. The quantitative estimate of drug-likeness (QED) is 0.584. The third kappa shape index (κ3) is 2.52. The van der Waals surface area contributed by atoms with Crippen molar-refractivity contribution in [3.63, 3.8) is 0 Å². The lowest BCUT2D eigenvalue weighted by atomic mass is 10.1. The van der Waals surface area contributed by atoms with Crippen molar-refractivity contribution in [2.45, 2.75) is 18.9 Å². The Morgan fingerprint density at radius 2 is 2.24 bits per heavy atom. The van der Waals surface area contributed by atoms with Crippen LogP contribution in [0.3, 0.4) is 0 Å². The summed E-state index contributed by atoms with van der Waals surface area (Å²) in [5, 5.41) is 15.5. The molecule has 0 saturated carbocycles. The summed E-state index contributed by atoms with van der Waals surface area (Å²) in [6.07, 6.45) is 3.81. The zero-order chi connectivity index (χ0) is 12.3. The van der Waals surface area contributed by atoms with E-state index in [2.05, 4.69) is 15.1 Å². The Bertz CT molecular complexity index is 401. The fourth-order valence-electron chi connectivity index (χ4n) is 2.07. The maximum Gasteiger partial charge on any atom is 0.162 e. The smallest absolute Gasteiger partial charge is 0.162 e. The average molecular weight is 235 g/mol. The zero-order valence-corrected chi connectivity index (χ0v) is 9.89. The van der Waals surface area contributed by atoms with Gasteiger partial charge in [0.15, 0.2) is 5.82 Å². The molecule has 1 aromatic heterocycles. The molecule has 0 unspecified atom stereocenters. The van der Waals surface area contributed by atoms with Crippen LogP contribution in [-0.4, -0.2) is 42.3 Å². The third-order valence-electron chi connectivity index (χ3n) is 3.07. The number of hydrogen-bond acceptors (Lipinski definition) is 5. The number of anilines is 1. The first-order chi connectivity index (χ1) is 8.22. The minimum atomic E-state index is 0.0313. The molecule has 6 heteroatoms. The number of aromatic nitrogens is 2. The van der Waals surface area contributed by atoms with E-state index in [1.54, 1.807) is 19.4 Å². The van der Waals surface area contributed by atoms with Crippen molar-refractivity contribution in [3.05, 3.63) is 17.8 Å². The number of rotatable bonds is 3. The minimum Gasteiger partial charge on any atom is -0.384 e. The molecule has 0 bridgehead atoms. The highest BCUT2D eigenvalue weighted by Gasteiger charge is 2.22. The summed E-state index contributed by atoms with van der Waals surface area (Å²) in [6.45, 7) is 1.72. The molecule has 92 valence electrons. The van der Waals surface area contributed by atoms with Crippen molar-refractivity contribution in [2.24, 2.45) is 5.73 Å². The first-order valence-electron chi connectivity index (χ1n) is 5.66. The van der Waals surface area contributed by atoms with Gasteiger partial charge in [-0.25, -0.2) is 0 Å². The first kappa shape index (κ1) is 11.8. The zero-order valence-electron chi connectivity index (χ0n) is 9.89. The number of piperidine rings is 1. The normalized spacial score (nSPS) is 17.1. The lowest BCUT2D eigenvalue weighted by Crippen LogP contribution is -2.38. The molecule has 6 nitrogen and oxygen atoms in total. The van der Waals surface area contributed by atoms with Crippen LogP contribution in [0.2, 0.25) is 0 Å². The number of nitrogens with one attached hydrogen (secondary N) is 1. The van der Waals surface area contributed by atoms with Crippen LogP contribution < -0.4 is 10.6 Å². The van der Waals surface area contributed by atoms with E-state index in [0.717, 1.165) is 25.9 Å². The van der Waals surface area contributed by atoms with E-state index in [4.69, 9.17) is 15.9 Å². The summed E-state index contributed by atoms with van der Waals surface area (Å²) in [5.41, 5.74) is 6.19. The first-order valence-corrected chi connectivity index (χ1v) is 5.66. The van der Waals surface area contributed by atoms with Gasteiger partial charge in [0.05, 0.1) is 17.9 Å². The fourth-order valence-corrected chi connectivity index (χ4v) is 2.07. The van der Waals surface area contributed by atoms with Gasteiger partial charge in [0.1, 0.15) is 5.84 Å². The van der Waals surface area contributed by atoms with Gasteiger partial charge in [0.25, 0.3) is 0 Å². The number of methoxy groups -OCH3 is 1. The highest BCUT2D eigenvalue weighted by Crippen LogP contribution is 2.21. The maximum absolute atomic E-state index is 7.53. The van der Waals surface area contributed by atoms with Crippen LogP contribution in [-0.2, 0) is 4.74 Å². The fraction of sp³-hybridized carbons (Fsp3) is 0.545. The molecule has 0 aromatic carbocycles. The molecule has 2 rings (SSSR count). The van der Waals surface area contributed by atoms with Gasteiger partial charge >= 0.3 is 0 Å². The summed E-state index contributed by atoms with van der Waals surface area (Å²) in [6, 6.07) is 1.73. The Morgan fingerprint density at radius 1 is 1.53 bits per heavy atom. The van der Waals surface area contributed by atoms with Gasteiger partial charge < -0.3 is 15.4 Å². The lowest BCUT2D eigenvalue weighted by Gasteiger charge is -2.32. The van der Waals surface area contributed by atoms with Crippen LogP contribution >= 0.6 is 0 Å². The summed E-state index contributed by atoms with van der Waals surface area (Å²) in [7, 11) is 1.74. The Morgan fingerprint density at radius 3 is 2.82 bits per heavy atom. The topological polar surface area (TPSA) is 88.1 Å². The van der Waals surface area contributed by atoms with Crippen LogP contribution in [0, 0.1) is 5.41 Å². The molecule has 1 aromatic rings. The van der Waals surface area contributed by atoms with Gasteiger partial charge in [-0.15, -0.1) is 5.10 Å². The van der Waals surface area contributed by atoms with E-state index >= 15 is 0 Å². The standard InChI is InChI=1S/C11H17N5O/c1-17-8-3-6-16(7-4-8)11-9(10(12)13)2-5-14-15-11/h2,5,8H,3-4,6-7H2,1H3,(H3,12,13). The highest BCUT2D eigenvalue weighted by atomic mass is 16.5. The van der Waals surface area contributed by atoms with Crippen molar-refractivity contribution in [3.8, 4) is 0 Å². The molecule has 17 heavy (non-hydrogen) atoms. The Hall–Kier alpha value is -1.69. The van der Waals surface area contributed by atoms with E-state index in [-0.39, 0.29) is 5.84 Å². The second-order valence-electron chi connectivity index (χ2n) is 4.10. The van der Waals surface area contributed by atoms with Crippen molar-refractivity contribution in [1.82, 2.24) is 10.2 Å². The Balaban J connectivity index is 2.15. The van der Waals surface area contributed by atoms with Crippen LogP contribution in [0.1, 0.15) is 18.4 Å². The second-order valence-corrected chi connectivity index (χ2v) is 4.10. The summed E-state index contributed by atoms with van der Waals surface area (Å²) in [5.74, 6) is 0.735. The van der Waals surface area contributed by atoms with Gasteiger partial charge in [-0.05, 0) is 18.9 Å². The molecule has 0 aliphatic carbocycles. The Kier molecular flexibility index (Phi) is 3.53. The molecule has 0 atom stereocenters. The molecule has 2 heterocycles. The van der Waals surface area contributed by atoms with Crippen molar-refractivity contribution < 1.29 is 4.74 Å². The number of nitrogens with zero attached hydrogens (tertiary/aromatic N) is 3. The van der Waals surface area contributed by atoms with Gasteiger partial charge in [0.2, 0.25) is 0 Å². The molecular formula is C11H17N5O. The van der Waals surface area contributed by atoms with E-state index in [9.17, 15) is 0 Å². The number of hydrogen-bond donors (Lipinski definition) is 2. The highest BCUT2D eigenvalue weighted by molar-refractivity contribution is 5.99. The van der Waals surface area contributed by atoms with Gasteiger partial charge in [-0.3, -0.25) is 5.41 Å². The largest absolute Gasteiger partial charge is 0.384 e. The monoisotopic (exact) mass is 235 g/mol. The number of amidine groups is 1. The summed E-state index contributed by atoms with van der Waals surface area (Å²) in [4.78, 5) is 2.11. The number of nitrogens with two attached hydrogens (primary N) is 1. The van der Waals surface area contributed by atoms with E-state index in [1.165, 1.54) is 0 Å². The Labute approximate surface area is 100 Å². The molecule has 0 radical (unpaired) electrons. The summed E-state index contributed by atoms with van der Waals surface area (Å²) >= 11 is 0. The number of nitrogen functional groups attached to an aromatic ring is 1. The maximum atomic E-state index is 7.53. The predicted octanol–water partition coefficient (Wildman–Crippen LogP) is 0.376. The van der Waals surface area contributed by atoms with Gasteiger partial charge in [0, 0.05) is 20.2 Å². The van der Waals surface area contributed by atoms with Crippen LogP contribution in [0.25, 0.3) is 0 Å². The second kappa shape index (κ2) is 5.09. The average Bonchev–Trinajstić information content (AvgIpc) is 2.39. The number of ether oxygens (including phenoxy) is 1. The van der Waals surface area contributed by atoms with Crippen LogP contribution in [0.4, 0.5) is 5.82 Å². The molecule has 0 spiro atoms. The van der Waals surface area contributed by atoms with Crippen molar-refractivity contribution in [1.29, 1.82) is 5.41 Å². The van der Waals surface area contributed by atoms with E-state index < -0.39 is 0 Å². The van der Waals surface area contributed by atoms with Crippen molar-refractivity contribution in [2.75, 3.05) is 25.1 Å². The van der Waals surface area contributed by atoms with Crippen molar-refractivity contribution >= 4 is 11.7 Å². The van der Waals surface area contributed by atoms with Gasteiger partial charge in [-0.1, -0.05) is 0 Å². The predicted molar refractivity (Wildman–Crippen MR) is 65.3 cm³/mol. The van der Waals surface area contributed by atoms with Crippen LogP contribution in [0.15, 0.2) is 12.3 Å². The van der Waals surface area contributed by atoms with Gasteiger partial charge in [-0.2, -0.15) is 5.10 Å². The lowest BCUT2D eigenvalue weighted by molar-refractivity contribution is 0.0817. The minimum absolute atomic E-state index is 0.0313. The SMILES string of the molecule is COC1CCN(c2nnccc2C(=N)N)CC1. The van der Waals surface area contributed by atoms with E-state index in [0.29, 0.717) is 17.5 Å². The molecule has 1 fully saturated rings. The molecule has 1 aliphatic heterocycles.